The van der Waals surface area contributed by atoms with Crippen LogP contribution in [0.25, 0.3) is 39.5 Å². The Bertz CT molecular complexity index is 1230. The number of halogens is 1. The normalized spacial score (nSPS) is 11.4. The van der Waals surface area contributed by atoms with Crippen LogP contribution in [0.5, 0.6) is 0 Å². The summed E-state index contributed by atoms with van der Waals surface area (Å²) >= 11 is 6.16. The maximum absolute atomic E-state index is 11.3. The molecule has 4 aromatic rings. The van der Waals surface area contributed by atoms with Crippen LogP contribution in [-0.2, 0) is 11.3 Å². The molecule has 3 heterocycles. The molecule has 0 fully saturated rings. The minimum atomic E-state index is -1.04. The van der Waals surface area contributed by atoms with Crippen molar-refractivity contribution >= 4 is 34.7 Å². The molecule has 0 amide bonds. The van der Waals surface area contributed by atoms with E-state index < -0.39 is 5.97 Å². The van der Waals surface area contributed by atoms with E-state index in [0.29, 0.717) is 23.0 Å². The smallest absolute Gasteiger partial charge is 0.328 e. The molecule has 0 saturated carbocycles. The lowest BCUT2D eigenvalue weighted by molar-refractivity contribution is -0.131. The summed E-state index contributed by atoms with van der Waals surface area (Å²) in [5.74, 6) is -1.04. The molecule has 0 saturated heterocycles. The lowest BCUT2D eigenvalue weighted by atomic mass is 9.94. The molecule has 4 rings (SSSR count). The average Bonchev–Trinajstić information content (AvgIpc) is 3.14. The lowest BCUT2D eigenvalue weighted by Crippen LogP contribution is -2.01. The van der Waals surface area contributed by atoms with Crippen LogP contribution in [0.4, 0.5) is 0 Å². The van der Waals surface area contributed by atoms with Crippen molar-refractivity contribution in [2.45, 2.75) is 13.5 Å². The average molecular weight is 405 g/mol. The van der Waals surface area contributed by atoms with Gasteiger partial charge in [0.2, 0.25) is 0 Å². The first kappa shape index (κ1) is 18.8. The van der Waals surface area contributed by atoms with Crippen LogP contribution in [0.15, 0.2) is 60.9 Å². The van der Waals surface area contributed by atoms with Crippen molar-refractivity contribution in [3.8, 4) is 22.4 Å². The Morgan fingerprint density at radius 1 is 1.21 bits per heavy atom. The number of benzene rings is 1. The number of carboxylic acid groups (broad SMARTS) is 1. The summed E-state index contributed by atoms with van der Waals surface area (Å²) in [6.45, 7) is 2.66. The van der Waals surface area contributed by atoms with Gasteiger partial charge < -0.3 is 5.11 Å². The van der Waals surface area contributed by atoms with E-state index in [2.05, 4.69) is 10.1 Å². The van der Waals surface area contributed by atoms with Gasteiger partial charge in [-0.2, -0.15) is 5.10 Å². The largest absolute Gasteiger partial charge is 0.478 e. The van der Waals surface area contributed by atoms with Gasteiger partial charge in [0.1, 0.15) is 5.15 Å². The number of aryl methyl sites for hydroxylation is 1. The summed E-state index contributed by atoms with van der Waals surface area (Å²) in [6.07, 6.45) is 6.07. The monoisotopic (exact) mass is 404 g/mol. The first-order valence-electron chi connectivity index (χ1n) is 9.06. The highest BCUT2D eigenvalue weighted by atomic mass is 35.5. The van der Waals surface area contributed by atoms with E-state index in [1.54, 1.807) is 24.5 Å². The second-order valence-corrected chi connectivity index (χ2v) is 6.74. The zero-order chi connectivity index (χ0) is 20.4. The summed E-state index contributed by atoms with van der Waals surface area (Å²) in [5, 5.41) is 14.9. The van der Waals surface area contributed by atoms with Crippen molar-refractivity contribution in [1.82, 2.24) is 19.7 Å². The Morgan fingerprint density at radius 3 is 2.69 bits per heavy atom. The topological polar surface area (TPSA) is 80.9 Å². The summed E-state index contributed by atoms with van der Waals surface area (Å²) in [6, 6.07) is 13.3. The van der Waals surface area contributed by atoms with E-state index in [-0.39, 0.29) is 0 Å². The van der Waals surface area contributed by atoms with Crippen LogP contribution in [0.1, 0.15) is 12.5 Å². The van der Waals surface area contributed by atoms with Gasteiger partial charge in [-0.25, -0.2) is 19.4 Å². The van der Waals surface area contributed by atoms with E-state index in [1.807, 2.05) is 48.0 Å². The van der Waals surface area contributed by atoms with Gasteiger partial charge in [0, 0.05) is 40.9 Å². The Kier molecular flexibility index (Phi) is 5.10. The van der Waals surface area contributed by atoms with Crippen LogP contribution >= 0.6 is 11.6 Å². The fourth-order valence-electron chi connectivity index (χ4n) is 3.34. The molecule has 1 N–H and O–H groups in total. The van der Waals surface area contributed by atoms with Gasteiger partial charge in [-0.3, -0.25) is 0 Å². The third-order valence-corrected chi connectivity index (χ3v) is 4.78. The number of pyridine rings is 2. The van der Waals surface area contributed by atoms with E-state index in [9.17, 15) is 9.90 Å². The predicted octanol–water partition coefficient (Wildman–Crippen LogP) is 4.93. The number of aromatic nitrogens is 4. The van der Waals surface area contributed by atoms with Crippen LogP contribution in [0, 0.1) is 0 Å². The molecule has 6 nitrogen and oxygen atoms in total. The van der Waals surface area contributed by atoms with E-state index >= 15 is 0 Å². The highest BCUT2D eigenvalue weighted by molar-refractivity contribution is 6.29. The van der Waals surface area contributed by atoms with Crippen LogP contribution in [0.3, 0.4) is 0 Å². The molecule has 0 spiro atoms. The van der Waals surface area contributed by atoms with E-state index in [4.69, 9.17) is 16.6 Å². The number of aliphatic carboxylic acids is 1. The van der Waals surface area contributed by atoms with Crippen LogP contribution in [0.2, 0.25) is 5.15 Å². The maximum atomic E-state index is 11.3. The maximum Gasteiger partial charge on any atom is 0.328 e. The van der Waals surface area contributed by atoms with Crippen molar-refractivity contribution in [2.75, 3.05) is 0 Å². The van der Waals surface area contributed by atoms with Crippen molar-refractivity contribution in [1.29, 1.82) is 0 Å². The Hall–Kier alpha value is -3.51. The number of fused-ring (bicyclic) bond motifs is 1. The third-order valence-electron chi connectivity index (χ3n) is 4.58. The number of carboxylic acids is 1. The van der Waals surface area contributed by atoms with E-state index in [0.717, 1.165) is 33.8 Å². The van der Waals surface area contributed by atoms with Crippen molar-refractivity contribution < 1.29 is 9.90 Å². The number of hydrogen-bond donors (Lipinski definition) is 1. The minimum absolute atomic E-state index is 0.352. The molecule has 0 atom stereocenters. The first-order chi connectivity index (χ1) is 14.1. The van der Waals surface area contributed by atoms with Crippen molar-refractivity contribution in [2.24, 2.45) is 0 Å². The minimum Gasteiger partial charge on any atom is -0.478 e. The molecule has 0 radical (unpaired) electrons. The first-order valence-corrected chi connectivity index (χ1v) is 9.44. The Morgan fingerprint density at radius 2 is 2.00 bits per heavy atom. The fraction of sp³-hybridized carbons (Fsp3) is 0.0909. The molecule has 0 aliphatic heterocycles. The SMILES string of the molecule is CCn1ncc2c(-c3ccnc(Cl)c3)c(/C=C/C(=O)O)c(-c3ccccc3)nc21. The third kappa shape index (κ3) is 3.62. The summed E-state index contributed by atoms with van der Waals surface area (Å²) in [7, 11) is 0. The van der Waals surface area contributed by atoms with Crippen LogP contribution in [-0.4, -0.2) is 30.8 Å². The molecule has 0 bridgehead atoms. The molecule has 29 heavy (non-hydrogen) atoms. The van der Waals surface area contributed by atoms with Crippen molar-refractivity contribution in [3.63, 3.8) is 0 Å². The van der Waals surface area contributed by atoms with E-state index in [1.165, 1.54) is 0 Å². The lowest BCUT2D eigenvalue weighted by Gasteiger charge is -2.14. The molecule has 0 unspecified atom stereocenters. The Balaban J connectivity index is 2.15. The molecular formula is C22H17ClN4O2. The van der Waals surface area contributed by atoms with Crippen LogP contribution < -0.4 is 0 Å². The zero-order valence-corrected chi connectivity index (χ0v) is 16.3. The quantitative estimate of drug-likeness (QED) is 0.376. The molecule has 7 heteroatoms. The molecule has 144 valence electrons. The number of rotatable bonds is 5. The van der Waals surface area contributed by atoms with Gasteiger partial charge >= 0.3 is 5.97 Å². The molecule has 3 aromatic heterocycles. The summed E-state index contributed by atoms with van der Waals surface area (Å²) in [4.78, 5) is 20.2. The highest BCUT2D eigenvalue weighted by Crippen LogP contribution is 2.38. The summed E-state index contributed by atoms with van der Waals surface area (Å²) in [5.41, 5.74) is 4.59. The second kappa shape index (κ2) is 7.85. The zero-order valence-electron chi connectivity index (χ0n) is 15.6. The van der Waals surface area contributed by atoms with Crippen molar-refractivity contribution in [3.05, 3.63) is 71.7 Å². The van der Waals surface area contributed by atoms with Gasteiger partial charge in [0.25, 0.3) is 0 Å². The molecular weight excluding hydrogens is 388 g/mol. The molecule has 0 aliphatic carbocycles. The van der Waals surface area contributed by atoms with Gasteiger partial charge in [-0.1, -0.05) is 41.9 Å². The Labute approximate surface area is 172 Å². The summed E-state index contributed by atoms with van der Waals surface area (Å²) < 4.78 is 1.82. The van der Waals surface area contributed by atoms with Gasteiger partial charge in [0.05, 0.1) is 11.9 Å². The molecule has 1 aromatic carbocycles. The number of hydrogen-bond acceptors (Lipinski definition) is 4. The van der Waals surface area contributed by atoms with Gasteiger partial charge in [-0.05, 0) is 30.7 Å². The van der Waals surface area contributed by atoms with Gasteiger partial charge in [-0.15, -0.1) is 0 Å². The number of carbonyl (C=O) groups is 1. The predicted molar refractivity (Wildman–Crippen MR) is 114 cm³/mol. The van der Waals surface area contributed by atoms with Gasteiger partial charge in [0.15, 0.2) is 5.65 Å². The second-order valence-electron chi connectivity index (χ2n) is 6.35. The fourth-order valence-corrected chi connectivity index (χ4v) is 3.51. The standard InChI is InChI=1S/C22H17ClN4O2/c1-2-27-22-17(13-25-27)20(15-10-11-24-18(23)12-15)16(8-9-19(28)29)21(26-22)14-6-4-3-5-7-14/h3-13H,2H2,1H3,(H,28,29)/b9-8+. The highest BCUT2D eigenvalue weighted by Gasteiger charge is 2.19. The molecule has 0 aliphatic rings. The number of nitrogens with zero attached hydrogens (tertiary/aromatic N) is 4.